The van der Waals surface area contributed by atoms with E-state index in [-0.39, 0.29) is 18.4 Å². The van der Waals surface area contributed by atoms with Crippen LogP contribution in [0.15, 0.2) is 42.5 Å². The molecule has 0 spiro atoms. The lowest BCUT2D eigenvalue weighted by Gasteiger charge is -2.11. The first-order chi connectivity index (χ1) is 14.2. The second kappa shape index (κ2) is 9.09. The minimum atomic E-state index is -0.197. The highest BCUT2D eigenvalue weighted by Crippen LogP contribution is 2.31. The third-order valence-corrected chi connectivity index (χ3v) is 5.78. The van der Waals surface area contributed by atoms with Gasteiger partial charge in [0.1, 0.15) is 15.6 Å². The van der Waals surface area contributed by atoms with Crippen LogP contribution >= 0.6 is 11.3 Å². The molecule has 6 nitrogen and oxygen atoms in total. The van der Waals surface area contributed by atoms with Gasteiger partial charge < -0.3 is 15.0 Å². The van der Waals surface area contributed by atoms with E-state index in [9.17, 15) is 9.59 Å². The van der Waals surface area contributed by atoms with Crippen molar-refractivity contribution in [1.82, 2.24) is 9.88 Å². The number of aromatic nitrogens is 1. The van der Waals surface area contributed by atoms with Gasteiger partial charge in [-0.3, -0.25) is 9.59 Å². The number of rotatable bonds is 6. The largest absolute Gasteiger partial charge is 0.484 e. The zero-order valence-electron chi connectivity index (χ0n) is 17.8. The summed E-state index contributed by atoms with van der Waals surface area (Å²) in [4.78, 5) is 31.0. The van der Waals surface area contributed by atoms with Crippen molar-refractivity contribution in [1.29, 1.82) is 0 Å². The molecule has 0 bridgehead atoms. The average Bonchev–Trinajstić information content (AvgIpc) is 3.08. The Morgan fingerprint density at radius 2 is 1.77 bits per heavy atom. The van der Waals surface area contributed by atoms with E-state index in [1.165, 1.54) is 21.8 Å². The van der Waals surface area contributed by atoms with Crippen molar-refractivity contribution < 1.29 is 14.3 Å². The Morgan fingerprint density at radius 3 is 2.40 bits per heavy atom. The number of aryl methyl sites for hydroxylation is 3. The maximum Gasteiger partial charge on any atom is 0.267 e. The van der Waals surface area contributed by atoms with Crippen LogP contribution in [0.5, 0.6) is 5.75 Å². The van der Waals surface area contributed by atoms with Crippen LogP contribution in [-0.4, -0.2) is 42.4 Å². The molecular weight excluding hydrogens is 398 g/mol. The molecule has 3 rings (SSSR count). The fraction of sp³-hybridized carbons (Fsp3) is 0.261. The van der Waals surface area contributed by atoms with Gasteiger partial charge in [0.2, 0.25) is 0 Å². The third-order valence-electron chi connectivity index (χ3n) is 4.59. The van der Waals surface area contributed by atoms with E-state index in [0.717, 1.165) is 16.1 Å². The van der Waals surface area contributed by atoms with Gasteiger partial charge in [0.15, 0.2) is 6.61 Å². The quantitative estimate of drug-likeness (QED) is 0.636. The first-order valence-corrected chi connectivity index (χ1v) is 10.4. The van der Waals surface area contributed by atoms with Crippen LogP contribution in [-0.2, 0) is 4.79 Å². The van der Waals surface area contributed by atoms with E-state index in [1.54, 1.807) is 38.4 Å². The average molecular weight is 424 g/mol. The van der Waals surface area contributed by atoms with Gasteiger partial charge in [-0.15, -0.1) is 11.3 Å². The van der Waals surface area contributed by atoms with Crippen LogP contribution in [0.3, 0.4) is 0 Å². The number of hydrogen-bond acceptors (Lipinski definition) is 5. The minimum absolute atomic E-state index is 0.0278. The Labute approximate surface area is 180 Å². The van der Waals surface area contributed by atoms with Gasteiger partial charge in [-0.25, -0.2) is 4.98 Å². The summed E-state index contributed by atoms with van der Waals surface area (Å²) >= 11 is 1.39. The van der Waals surface area contributed by atoms with Crippen LogP contribution in [0.4, 0.5) is 5.69 Å². The molecule has 1 heterocycles. The number of amides is 2. The summed E-state index contributed by atoms with van der Waals surface area (Å²) in [5.41, 5.74) is 4.73. The van der Waals surface area contributed by atoms with Gasteiger partial charge in [0, 0.05) is 25.3 Å². The van der Waals surface area contributed by atoms with Crippen molar-refractivity contribution in [2.45, 2.75) is 20.8 Å². The first kappa shape index (κ1) is 21.5. The Bertz CT molecular complexity index is 1070. The summed E-state index contributed by atoms with van der Waals surface area (Å²) in [7, 11) is 3.36. The number of nitrogens with one attached hydrogen (secondary N) is 1. The standard InChI is InChI=1S/C23H25N3O3S/c1-14-6-11-19(15(2)12-14)23-24-16(3)21(30-23)22(28)25-17-7-9-18(10-8-17)29-13-20(27)26(4)5/h6-12H,13H2,1-5H3,(H,25,28). The number of ether oxygens (including phenoxy) is 1. The van der Waals surface area contributed by atoms with Crippen molar-refractivity contribution in [3.05, 3.63) is 64.2 Å². The molecule has 2 amide bonds. The van der Waals surface area contributed by atoms with Crippen LogP contribution in [0.1, 0.15) is 26.5 Å². The molecule has 1 N–H and O–H groups in total. The number of hydrogen-bond donors (Lipinski definition) is 1. The third kappa shape index (κ3) is 5.04. The fourth-order valence-corrected chi connectivity index (χ4v) is 3.92. The predicted octanol–water partition coefficient (Wildman–Crippen LogP) is 4.45. The summed E-state index contributed by atoms with van der Waals surface area (Å²) in [6.07, 6.45) is 0. The van der Waals surface area contributed by atoms with Crippen LogP contribution < -0.4 is 10.1 Å². The Hall–Kier alpha value is -3.19. The van der Waals surface area contributed by atoms with E-state index in [1.807, 2.05) is 13.0 Å². The fourth-order valence-electron chi connectivity index (χ4n) is 2.87. The molecule has 0 aliphatic rings. The van der Waals surface area contributed by atoms with E-state index in [0.29, 0.717) is 22.0 Å². The summed E-state index contributed by atoms with van der Waals surface area (Å²) in [5, 5.41) is 3.74. The zero-order chi connectivity index (χ0) is 21.8. The van der Waals surface area contributed by atoms with Gasteiger partial charge in [-0.2, -0.15) is 0 Å². The lowest BCUT2D eigenvalue weighted by molar-refractivity contribution is -0.130. The van der Waals surface area contributed by atoms with Crippen molar-refractivity contribution >= 4 is 28.8 Å². The van der Waals surface area contributed by atoms with Crippen molar-refractivity contribution in [3.8, 4) is 16.3 Å². The number of carbonyl (C=O) groups is 2. The lowest BCUT2D eigenvalue weighted by Crippen LogP contribution is -2.27. The van der Waals surface area contributed by atoms with Gasteiger partial charge in [0.05, 0.1) is 5.69 Å². The number of nitrogens with zero attached hydrogens (tertiary/aromatic N) is 2. The molecule has 0 unspecified atom stereocenters. The molecule has 1 aromatic heterocycles. The molecular formula is C23H25N3O3S. The van der Waals surface area contributed by atoms with Crippen molar-refractivity contribution in [3.63, 3.8) is 0 Å². The topological polar surface area (TPSA) is 71.5 Å². The number of benzene rings is 2. The highest BCUT2D eigenvalue weighted by atomic mass is 32.1. The van der Waals surface area contributed by atoms with E-state index in [2.05, 4.69) is 36.3 Å². The maximum absolute atomic E-state index is 12.8. The Balaban J connectivity index is 1.69. The number of thiazole rings is 1. The monoisotopic (exact) mass is 423 g/mol. The highest BCUT2D eigenvalue weighted by Gasteiger charge is 2.17. The molecule has 3 aromatic rings. The van der Waals surface area contributed by atoms with Gasteiger partial charge in [-0.1, -0.05) is 23.8 Å². The van der Waals surface area contributed by atoms with Crippen LogP contribution in [0, 0.1) is 20.8 Å². The maximum atomic E-state index is 12.8. The second-order valence-corrected chi connectivity index (χ2v) is 8.31. The Morgan fingerprint density at radius 1 is 1.07 bits per heavy atom. The summed E-state index contributed by atoms with van der Waals surface area (Å²) in [5.74, 6) is 0.249. The highest BCUT2D eigenvalue weighted by molar-refractivity contribution is 7.17. The van der Waals surface area contributed by atoms with Crippen LogP contribution in [0.2, 0.25) is 0 Å². The molecule has 0 aliphatic carbocycles. The summed E-state index contributed by atoms with van der Waals surface area (Å²) < 4.78 is 5.45. The van der Waals surface area contributed by atoms with E-state index < -0.39 is 0 Å². The molecule has 0 aliphatic heterocycles. The molecule has 2 aromatic carbocycles. The second-order valence-electron chi connectivity index (χ2n) is 7.31. The minimum Gasteiger partial charge on any atom is -0.484 e. The summed E-state index contributed by atoms with van der Waals surface area (Å²) in [6, 6.07) is 13.1. The van der Waals surface area contributed by atoms with Crippen molar-refractivity contribution in [2.24, 2.45) is 0 Å². The zero-order valence-corrected chi connectivity index (χ0v) is 18.6. The SMILES string of the molecule is Cc1ccc(-c2nc(C)c(C(=O)Nc3ccc(OCC(=O)N(C)C)cc3)s2)c(C)c1. The molecule has 7 heteroatoms. The lowest BCUT2D eigenvalue weighted by atomic mass is 10.1. The normalized spacial score (nSPS) is 10.6. The molecule has 0 atom stereocenters. The molecule has 0 fully saturated rings. The van der Waals surface area contributed by atoms with Gasteiger partial charge >= 0.3 is 0 Å². The molecule has 156 valence electrons. The van der Waals surface area contributed by atoms with E-state index in [4.69, 9.17) is 4.74 Å². The smallest absolute Gasteiger partial charge is 0.267 e. The van der Waals surface area contributed by atoms with E-state index >= 15 is 0 Å². The molecule has 0 saturated carbocycles. The molecule has 30 heavy (non-hydrogen) atoms. The molecule has 0 saturated heterocycles. The number of carbonyl (C=O) groups excluding carboxylic acids is 2. The predicted molar refractivity (Wildman–Crippen MR) is 120 cm³/mol. The van der Waals surface area contributed by atoms with Gasteiger partial charge in [0.25, 0.3) is 11.8 Å². The summed E-state index contributed by atoms with van der Waals surface area (Å²) in [6.45, 7) is 5.92. The number of anilines is 1. The Kier molecular flexibility index (Phi) is 6.52. The number of likely N-dealkylation sites (N-methyl/N-ethyl adjacent to an activating group) is 1. The van der Waals surface area contributed by atoms with Crippen molar-refractivity contribution in [2.75, 3.05) is 26.0 Å². The van der Waals surface area contributed by atoms with Crippen LogP contribution in [0.25, 0.3) is 10.6 Å². The molecule has 0 radical (unpaired) electrons. The van der Waals surface area contributed by atoms with Gasteiger partial charge in [-0.05, 0) is 50.6 Å². The first-order valence-electron chi connectivity index (χ1n) is 9.54.